The zero-order chi connectivity index (χ0) is 43.4. The summed E-state index contributed by atoms with van der Waals surface area (Å²) >= 11 is 0. The summed E-state index contributed by atoms with van der Waals surface area (Å²) in [5, 5.41) is 2.12. The molecule has 0 unspecified atom stereocenters. The number of hydrogen-bond donors (Lipinski definition) is 0. The van der Waals surface area contributed by atoms with Crippen molar-refractivity contribution in [3.05, 3.63) is 212 Å². The minimum absolute atomic E-state index is 0.803. The number of rotatable bonds is 1. The highest BCUT2D eigenvalue weighted by Gasteiger charge is 2.18. The van der Waals surface area contributed by atoms with Crippen molar-refractivity contribution in [2.24, 2.45) is 7.05 Å². The van der Waals surface area contributed by atoms with Crippen LogP contribution in [-0.4, -0.2) is 22.1 Å². The van der Waals surface area contributed by atoms with Crippen molar-refractivity contribution >= 4 is 21.8 Å². The van der Waals surface area contributed by atoms with Crippen molar-refractivity contribution in [2.75, 3.05) is 7.11 Å². The summed E-state index contributed by atoms with van der Waals surface area (Å²) < 4.78 is 8.22. The van der Waals surface area contributed by atoms with Crippen molar-refractivity contribution in [1.29, 1.82) is 0 Å². The molecule has 18 heterocycles. The summed E-state index contributed by atoms with van der Waals surface area (Å²) in [6.07, 6.45) is 1.93. The maximum atomic E-state index is 5.95. The Balaban J connectivity index is 0.948. The number of ether oxygens (including phenoxy) is 1. The Kier molecular flexibility index (Phi) is 9.20. The molecule has 0 fully saturated rings. The maximum Gasteiger partial charge on any atom is 0.212 e. The van der Waals surface area contributed by atoms with Crippen molar-refractivity contribution in [2.45, 2.75) is 0 Å². The average molecular weight is 834 g/mol. The van der Waals surface area contributed by atoms with E-state index in [0.29, 0.717) is 0 Å². The van der Waals surface area contributed by atoms with Crippen LogP contribution in [0.5, 0.6) is 5.75 Å². The predicted molar refractivity (Wildman–Crippen MR) is 265 cm³/mol. The lowest BCUT2D eigenvalue weighted by atomic mass is 9.97. The van der Waals surface area contributed by atoms with Gasteiger partial charge in [-0.3, -0.25) is 4.98 Å². The Morgan fingerprint density at radius 1 is 0.354 bits per heavy atom. The van der Waals surface area contributed by atoms with Gasteiger partial charge in [-0.25, -0.2) is 9.97 Å². The minimum atomic E-state index is 0.803. The van der Waals surface area contributed by atoms with E-state index < -0.39 is 0 Å². The zero-order valence-electron chi connectivity index (χ0n) is 35.9. The number of methoxy groups -OCH3 is 1. The average Bonchev–Trinajstić information content (AvgIpc) is 3.38. The molecule has 306 valence electrons. The highest BCUT2D eigenvalue weighted by Crippen LogP contribution is 2.37. The van der Waals surface area contributed by atoms with E-state index in [0.717, 1.165) is 128 Å². The molecule has 0 saturated carbocycles. The predicted octanol–water partition coefficient (Wildman–Crippen LogP) is 14.3. The summed E-state index contributed by atoms with van der Waals surface area (Å²) in [6.45, 7) is 0. The first-order valence-electron chi connectivity index (χ1n) is 21.9. The first-order chi connectivity index (χ1) is 32.0. The van der Waals surface area contributed by atoms with Crippen LogP contribution in [0.1, 0.15) is 0 Å². The SMILES string of the molecule is COc1cc2ccc1-c1ccc(nc1)-c1ccc(cc1)-c1ccc(cc1)-c1cccc([n+]1C)-c1ccc(cc1)-c1ccc3ccc4ccc(nc4c3n1)-c1ccc(cc1)-c1ccc-2cc1. The van der Waals surface area contributed by atoms with E-state index in [1.165, 1.54) is 0 Å². The molecule has 65 heavy (non-hydrogen) atoms. The van der Waals surface area contributed by atoms with Gasteiger partial charge < -0.3 is 4.74 Å². The van der Waals surface area contributed by atoms with Gasteiger partial charge in [0.15, 0.2) is 0 Å². The van der Waals surface area contributed by atoms with Crippen LogP contribution in [0.25, 0.3) is 123 Å². The molecule has 14 aliphatic rings. The Morgan fingerprint density at radius 2 is 0.723 bits per heavy atom. The van der Waals surface area contributed by atoms with Gasteiger partial charge in [0.1, 0.15) is 12.8 Å². The molecule has 20 bridgehead atoms. The number of pyridine rings is 4. The summed E-state index contributed by atoms with van der Waals surface area (Å²) in [5.74, 6) is 0.803. The van der Waals surface area contributed by atoms with E-state index in [-0.39, 0.29) is 0 Å². The summed E-state index contributed by atoms with van der Waals surface area (Å²) in [6, 6.07) is 73.4. The van der Waals surface area contributed by atoms with Crippen LogP contribution in [0.15, 0.2) is 212 Å². The lowest BCUT2D eigenvalue weighted by molar-refractivity contribution is -0.649. The first-order valence-corrected chi connectivity index (χ1v) is 21.9. The fraction of sp³-hybridized carbons (Fsp3) is 0.0333. The normalized spacial score (nSPS) is 11.5. The molecule has 5 nitrogen and oxygen atoms in total. The Bertz CT molecular complexity index is 3580. The molecule has 4 aromatic heterocycles. The van der Waals surface area contributed by atoms with Gasteiger partial charge in [0.05, 0.1) is 35.2 Å². The monoisotopic (exact) mass is 833 g/mol. The van der Waals surface area contributed by atoms with Crippen molar-refractivity contribution < 1.29 is 9.30 Å². The molecule has 0 spiro atoms. The molecule has 0 amide bonds. The Labute approximate surface area is 377 Å². The second-order valence-electron chi connectivity index (χ2n) is 16.7. The molecule has 25 rings (SSSR count). The third-order valence-electron chi connectivity index (χ3n) is 12.9. The number of hydrogen-bond acceptors (Lipinski definition) is 4. The minimum Gasteiger partial charge on any atom is -0.496 e. The zero-order valence-corrected chi connectivity index (χ0v) is 35.9. The van der Waals surface area contributed by atoms with Crippen LogP contribution in [0, 0.1) is 0 Å². The highest BCUT2D eigenvalue weighted by atomic mass is 16.5. The van der Waals surface area contributed by atoms with Crippen molar-refractivity contribution in [1.82, 2.24) is 15.0 Å². The van der Waals surface area contributed by atoms with Crippen LogP contribution in [-0.2, 0) is 7.05 Å². The van der Waals surface area contributed by atoms with E-state index in [1.807, 2.05) is 6.20 Å². The fourth-order valence-electron chi connectivity index (χ4n) is 9.25. The molecule has 0 N–H and O–H groups in total. The highest BCUT2D eigenvalue weighted by molar-refractivity contribution is 6.04. The van der Waals surface area contributed by atoms with Gasteiger partial charge in [0.25, 0.3) is 0 Å². The third-order valence-corrected chi connectivity index (χ3v) is 12.9. The molecule has 11 aromatic rings. The first kappa shape index (κ1) is 38.2. The molecule has 5 heteroatoms. The molecule has 0 saturated heterocycles. The standard InChI is InChI=1S/C60H41N4O/c1-64-56-4-3-5-57(64)47-24-20-45(21-25-47)55-35-30-49-27-26-48-29-34-54(62-59(48)60(49)63-55)44-18-12-40(13-19-44)38-6-8-42(9-7-38)50-28-32-52(58(36-50)65-2)51-31-33-53(61-37-51)43-16-10-39(11-17-43)41-14-22-46(56)23-15-41/h3-37H,1-2H3/q+1. The quantitative estimate of drug-likeness (QED) is 0.122. The lowest BCUT2D eigenvalue weighted by Gasteiger charge is -2.12. The molecule has 0 atom stereocenters. The van der Waals surface area contributed by atoms with E-state index in [2.05, 4.69) is 218 Å². The smallest absolute Gasteiger partial charge is 0.212 e. The summed E-state index contributed by atoms with van der Waals surface area (Å²) in [7, 11) is 3.86. The van der Waals surface area contributed by atoms with Crippen LogP contribution >= 0.6 is 0 Å². The maximum absolute atomic E-state index is 5.95. The van der Waals surface area contributed by atoms with Gasteiger partial charge in [-0.1, -0.05) is 133 Å². The second kappa shape index (κ2) is 15.7. The Hall–Kier alpha value is -8.54. The van der Waals surface area contributed by atoms with Crippen LogP contribution in [0.3, 0.4) is 0 Å². The number of benzene rings is 7. The molecule has 0 radical (unpaired) electrons. The lowest BCUT2D eigenvalue weighted by Crippen LogP contribution is -2.33. The third kappa shape index (κ3) is 6.91. The van der Waals surface area contributed by atoms with Crippen LogP contribution < -0.4 is 9.30 Å². The second-order valence-corrected chi connectivity index (χ2v) is 16.7. The molecule has 14 aliphatic heterocycles. The van der Waals surface area contributed by atoms with Crippen LogP contribution in [0.2, 0.25) is 0 Å². The topological polar surface area (TPSA) is 51.8 Å². The van der Waals surface area contributed by atoms with Crippen molar-refractivity contribution in [3.63, 3.8) is 0 Å². The molecule has 0 aliphatic carbocycles. The van der Waals surface area contributed by atoms with E-state index in [1.54, 1.807) is 7.11 Å². The molecular formula is C60H41N4O+. The van der Waals surface area contributed by atoms with E-state index in [4.69, 9.17) is 19.7 Å². The van der Waals surface area contributed by atoms with Gasteiger partial charge in [-0.05, 0) is 94.0 Å². The van der Waals surface area contributed by atoms with Gasteiger partial charge in [-0.15, -0.1) is 0 Å². The number of aromatic nitrogens is 4. The largest absolute Gasteiger partial charge is 0.496 e. The number of nitrogens with zero attached hydrogens (tertiary/aromatic N) is 4. The summed E-state index contributed by atoms with van der Waals surface area (Å²) in [4.78, 5) is 15.4. The molecule has 7 aromatic carbocycles. The van der Waals surface area contributed by atoms with Gasteiger partial charge in [-0.2, -0.15) is 4.57 Å². The van der Waals surface area contributed by atoms with Gasteiger partial charge in [0.2, 0.25) is 11.4 Å². The molecular weight excluding hydrogens is 793 g/mol. The van der Waals surface area contributed by atoms with E-state index >= 15 is 0 Å². The van der Waals surface area contributed by atoms with Gasteiger partial charge >= 0.3 is 0 Å². The Morgan fingerprint density at radius 3 is 1.17 bits per heavy atom. The fourth-order valence-corrected chi connectivity index (χ4v) is 9.25. The van der Waals surface area contributed by atoms with Gasteiger partial charge in [0, 0.05) is 68.0 Å². The van der Waals surface area contributed by atoms with Crippen LogP contribution in [0.4, 0.5) is 0 Å². The summed E-state index contributed by atoms with van der Waals surface area (Å²) in [5.41, 5.74) is 21.1. The van der Waals surface area contributed by atoms with Crippen molar-refractivity contribution in [3.8, 4) is 107 Å². The van der Waals surface area contributed by atoms with E-state index in [9.17, 15) is 0 Å².